The number of aldehydes is 1. The number of hydrogen-bond donors (Lipinski definition) is 0. The van der Waals surface area contributed by atoms with Crippen LogP contribution in [0.2, 0.25) is 0 Å². The highest BCUT2D eigenvalue weighted by atomic mass is 16.5. The maximum absolute atomic E-state index is 11.8. The zero-order valence-electron chi connectivity index (χ0n) is 12.4. The van der Waals surface area contributed by atoms with Gasteiger partial charge >= 0.3 is 5.97 Å². The van der Waals surface area contributed by atoms with Crippen molar-refractivity contribution in [3.05, 3.63) is 65.2 Å². The van der Waals surface area contributed by atoms with E-state index in [2.05, 4.69) is 4.74 Å². The van der Waals surface area contributed by atoms with Crippen molar-refractivity contribution in [3.8, 4) is 5.75 Å². The van der Waals surface area contributed by atoms with E-state index < -0.39 is 11.8 Å². The number of rotatable bonds is 6. The molecule has 0 spiro atoms. The van der Waals surface area contributed by atoms with Crippen molar-refractivity contribution in [1.82, 2.24) is 0 Å². The van der Waals surface area contributed by atoms with Gasteiger partial charge in [-0.3, -0.25) is 9.59 Å². The van der Waals surface area contributed by atoms with Crippen molar-refractivity contribution >= 4 is 18.0 Å². The number of methoxy groups -OCH3 is 1. The first-order chi connectivity index (χ1) is 10.7. The van der Waals surface area contributed by atoms with Crippen LogP contribution in [0.25, 0.3) is 0 Å². The second kappa shape index (κ2) is 8.45. The van der Waals surface area contributed by atoms with Crippen molar-refractivity contribution in [3.63, 3.8) is 0 Å². The van der Waals surface area contributed by atoms with Crippen LogP contribution >= 0.6 is 0 Å². The minimum Gasteiger partial charge on any atom is -0.488 e. The molecule has 0 bridgehead atoms. The van der Waals surface area contributed by atoms with E-state index in [1.165, 1.54) is 25.3 Å². The summed E-state index contributed by atoms with van der Waals surface area (Å²) < 4.78 is 10.3. The standard InChI is InChI=1S/C17H14O5.H2O/c1-21-17(20)14-9-13(15(19)10-18)7-8-16(14)22-11-12-5-3-2-4-6-12;/h2-10H,11H2,1H3;1H2. The van der Waals surface area contributed by atoms with Crippen LogP contribution in [-0.2, 0) is 16.1 Å². The lowest BCUT2D eigenvalue weighted by Gasteiger charge is -2.11. The van der Waals surface area contributed by atoms with Gasteiger partial charge in [0.05, 0.1) is 7.11 Å². The second-order valence-corrected chi connectivity index (χ2v) is 4.46. The topological polar surface area (TPSA) is 101 Å². The minimum atomic E-state index is -0.709. The molecule has 6 nitrogen and oxygen atoms in total. The Balaban J connectivity index is 0.00000264. The summed E-state index contributed by atoms with van der Waals surface area (Å²) in [5.41, 5.74) is 1.15. The molecule has 0 amide bonds. The Morgan fingerprint density at radius 2 is 1.78 bits per heavy atom. The average Bonchev–Trinajstić information content (AvgIpc) is 2.59. The number of hydrogen-bond acceptors (Lipinski definition) is 5. The number of ketones is 1. The molecule has 2 N–H and O–H groups in total. The fraction of sp³-hybridized carbons (Fsp3) is 0.118. The third kappa shape index (κ3) is 4.49. The highest BCUT2D eigenvalue weighted by Crippen LogP contribution is 2.22. The number of Topliss-reactive ketones (excluding diaryl/α,β-unsaturated/α-hetero) is 1. The van der Waals surface area contributed by atoms with Crippen LogP contribution in [0.3, 0.4) is 0 Å². The predicted octanol–water partition coefficient (Wildman–Crippen LogP) is 1.61. The predicted molar refractivity (Wildman–Crippen MR) is 82.6 cm³/mol. The van der Waals surface area contributed by atoms with Crippen LogP contribution in [0.1, 0.15) is 26.3 Å². The van der Waals surface area contributed by atoms with Gasteiger partial charge in [-0.1, -0.05) is 30.3 Å². The minimum absolute atomic E-state index is 0. The first kappa shape index (κ1) is 18.1. The van der Waals surface area contributed by atoms with Crippen LogP contribution in [0.15, 0.2) is 48.5 Å². The van der Waals surface area contributed by atoms with E-state index in [4.69, 9.17) is 4.74 Å². The quantitative estimate of drug-likeness (QED) is 0.349. The van der Waals surface area contributed by atoms with Gasteiger partial charge in [0.2, 0.25) is 5.78 Å². The Morgan fingerprint density at radius 1 is 1.09 bits per heavy atom. The third-order valence-corrected chi connectivity index (χ3v) is 3.01. The van der Waals surface area contributed by atoms with Gasteiger partial charge in [-0.15, -0.1) is 0 Å². The molecule has 0 aliphatic heterocycles. The van der Waals surface area contributed by atoms with Gasteiger partial charge in [-0.05, 0) is 23.8 Å². The van der Waals surface area contributed by atoms with Crippen molar-refractivity contribution < 1.29 is 29.3 Å². The summed E-state index contributed by atoms with van der Waals surface area (Å²) in [6.45, 7) is 0.270. The zero-order chi connectivity index (χ0) is 15.9. The summed E-state index contributed by atoms with van der Waals surface area (Å²) in [5, 5.41) is 0. The Morgan fingerprint density at radius 3 is 2.39 bits per heavy atom. The number of ether oxygens (including phenoxy) is 2. The molecule has 0 radical (unpaired) electrons. The van der Waals surface area contributed by atoms with E-state index >= 15 is 0 Å². The monoisotopic (exact) mass is 316 g/mol. The fourth-order valence-corrected chi connectivity index (χ4v) is 1.88. The van der Waals surface area contributed by atoms with Crippen LogP contribution in [0, 0.1) is 0 Å². The number of esters is 1. The summed E-state index contributed by atoms with van der Waals surface area (Å²) in [5.74, 6) is -1.05. The van der Waals surface area contributed by atoms with E-state index in [-0.39, 0.29) is 35.2 Å². The third-order valence-electron chi connectivity index (χ3n) is 3.01. The lowest BCUT2D eigenvalue weighted by molar-refractivity contribution is -0.104. The summed E-state index contributed by atoms with van der Waals surface area (Å²) in [7, 11) is 1.23. The number of carbonyl (C=O) groups is 3. The summed E-state index contributed by atoms with van der Waals surface area (Å²) in [6, 6.07) is 13.6. The second-order valence-electron chi connectivity index (χ2n) is 4.46. The van der Waals surface area contributed by atoms with Crippen molar-refractivity contribution in [2.45, 2.75) is 6.61 Å². The van der Waals surface area contributed by atoms with E-state index in [0.29, 0.717) is 0 Å². The Hall–Kier alpha value is -2.99. The van der Waals surface area contributed by atoms with E-state index in [1.54, 1.807) is 0 Å². The molecule has 2 rings (SSSR count). The van der Waals surface area contributed by atoms with Crippen LogP contribution in [0.4, 0.5) is 0 Å². The molecule has 0 heterocycles. The molecule has 0 saturated heterocycles. The maximum Gasteiger partial charge on any atom is 0.341 e. The molecule has 0 aliphatic carbocycles. The first-order valence-electron chi connectivity index (χ1n) is 6.54. The highest BCUT2D eigenvalue weighted by Gasteiger charge is 2.16. The van der Waals surface area contributed by atoms with Crippen molar-refractivity contribution in [2.75, 3.05) is 7.11 Å². The molecule has 23 heavy (non-hydrogen) atoms. The Kier molecular flexibility index (Phi) is 6.64. The highest BCUT2D eigenvalue weighted by molar-refractivity contribution is 6.33. The van der Waals surface area contributed by atoms with Crippen molar-refractivity contribution in [2.24, 2.45) is 0 Å². The average molecular weight is 316 g/mol. The van der Waals surface area contributed by atoms with Crippen LogP contribution in [0.5, 0.6) is 5.75 Å². The van der Waals surface area contributed by atoms with Gasteiger partial charge in [0.25, 0.3) is 0 Å². The molecule has 0 saturated carbocycles. The SMILES string of the molecule is COC(=O)c1cc(C(=O)C=O)ccc1OCc1ccccc1.O. The lowest BCUT2D eigenvalue weighted by Crippen LogP contribution is -2.09. The van der Waals surface area contributed by atoms with Gasteiger partial charge < -0.3 is 14.9 Å². The molecule has 2 aromatic carbocycles. The summed E-state index contributed by atoms with van der Waals surface area (Å²) >= 11 is 0. The first-order valence-corrected chi connectivity index (χ1v) is 6.54. The molecule has 0 fully saturated rings. The Labute approximate surface area is 133 Å². The van der Waals surface area contributed by atoms with Gasteiger partial charge in [-0.2, -0.15) is 0 Å². The number of carbonyl (C=O) groups excluding carboxylic acids is 3. The molecule has 0 atom stereocenters. The normalized spacial score (nSPS) is 9.43. The van der Waals surface area contributed by atoms with E-state index in [9.17, 15) is 14.4 Å². The molecule has 2 aromatic rings. The Bertz CT molecular complexity index is 693. The van der Waals surface area contributed by atoms with Crippen LogP contribution in [-0.4, -0.2) is 30.6 Å². The molecular weight excluding hydrogens is 300 g/mol. The number of benzene rings is 2. The lowest BCUT2D eigenvalue weighted by atomic mass is 10.1. The molecule has 0 aliphatic rings. The van der Waals surface area contributed by atoms with Crippen LogP contribution < -0.4 is 4.74 Å². The smallest absolute Gasteiger partial charge is 0.341 e. The van der Waals surface area contributed by atoms with Gasteiger partial charge in [0.15, 0.2) is 6.29 Å². The van der Waals surface area contributed by atoms with E-state index in [1.807, 2.05) is 30.3 Å². The van der Waals surface area contributed by atoms with Gasteiger partial charge in [0.1, 0.15) is 17.9 Å². The van der Waals surface area contributed by atoms with Gasteiger partial charge in [-0.25, -0.2) is 4.79 Å². The fourth-order valence-electron chi connectivity index (χ4n) is 1.88. The van der Waals surface area contributed by atoms with Crippen molar-refractivity contribution in [1.29, 1.82) is 0 Å². The van der Waals surface area contributed by atoms with Gasteiger partial charge in [0, 0.05) is 5.56 Å². The molecule has 0 aromatic heterocycles. The zero-order valence-corrected chi connectivity index (χ0v) is 12.4. The summed E-state index contributed by atoms with van der Waals surface area (Å²) in [4.78, 5) is 33.8. The van der Waals surface area contributed by atoms with E-state index in [0.717, 1.165) is 5.56 Å². The summed E-state index contributed by atoms with van der Waals surface area (Å²) in [6.07, 6.45) is 0.195. The largest absolute Gasteiger partial charge is 0.488 e. The maximum atomic E-state index is 11.8. The molecule has 0 unspecified atom stereocenters. The molecule has 6 heteroatoms. The molecule has 120 valence electrons. The molecular formula is C17H16O6.